The fraction of sp³-hybridized carbons (Fsp3) is 0. The molecule has 0 heterocycles. The van der Waals surface area contributed by atoms with E-state index >= 15 is 0 Å². The quantitative estimate of drug-likeness (QED) is 0.651. The van der Waals surface area contributed by atoms with E-state index in [0.29, 0.717) is 21.2 Å². The number of aromatic carboxylic acids is 1. The van der Waals surface area contributed by atoms with Crippen molar-refractivity contribution in [3.8, 4) is 22.3 Å². The van der Waals surface area contributed by atoms with Crippen LogP contribution in [0.4, 0.5) is 0 Å². The van der Waals surface area contributed by atoms with Crippen LogP contribution in [0.25, 0.3) is 22.3 Å². The highest BCUT2D eigenvalue weighted by atomic mass is 35.5. The van der Waals surface area contributed by atoms with Crippen LogP contribution in [0.2, 0.25) is 10.0 Å². The van der Waals surface area contributed by atoms with Crippen LogP contribution in [0.3, 0.4) is 0 Å². The van der Waals surface area contributed by atoms with Crippen LogP contribution in [0, 0.1) is 6.07 Å². The van der Waals surface area contributed by atoms with Crippen molar-refractivity contribution in [2.24, 2.45) is 0 Å². The summed E-state index contributed by atoms with van der Waals surface area (Å²) in [6.45, 7) is 0. The Morgan fingerprint density at radius 1 is 1.00 bits per heavy atom. The first-order chi connectivity index (χ1) is 11.1. The molecule has 1 radical (unpaired) electrons. The van der Waals surface area contributed by atoms with Crippen LogP contribution in [-0.4, -0.2) is 11.1 Å². The molecule has 113 valence electrons. The standard InChI is InChI=1S/C19H11Cl2O2/c20-16-10-9-15(12-5-2-1-3-6-12)18(21)17(16)13-7-4-8-14(11-13)19(22)23/h1-5,7-11H,(H,22,23). The van der Waals surface area contributed by atoms with Crippen molar-refractivity contribution in [1.29, 1.82) is 0 Å². The molecular formula is C19H11Cl2O2. The molecule has 0 saturated heterocycles. The van der Waals surface area contributed by atoms with Gasteiger partial charge in [0.15, 0.2) is 0 Å². The van der Waals surface area contributed by atoms with E-state index in [-0.39, 0.29) is 5.56 Å². The van der Waals surface area contributed by atoms with Gasteiger partial charge in [-0.1, -0.05) is 65.7 Å². The fourth-order valence-corrected chi connectivity index (χ4v) is 3.08. The molecule has 0 bridgehead atoms. The molecule has 3 aromatic rings. The smallest absolute Gasteiger partial charge is 0.335 e. The van der Waals surface area contributed by atoms with Gasteiger partial charge in [-0.05, 0) is 35.4 Å². The van der Waals surface area contributed by atoms with E-state index in [2.05, 4.69) is 6.07 Å². The average Bonchev–Trinajstić information content (AvgIpc) is 2.56. The molecule has 0 atom stereocenters. The Bertz CT molecular complexity index is 874. The third-order valence-corrected chi connectivity index (χ3v) is 4.20. The monoisotopic (exact) mass is 341 g/mol. The second kappa shape index (κ2) is 6.45. The van der Waals surface area contributed by atoms with Crippen LogP contribution in [0.1, 0.15) is 10.4 Å². The molecule has 1 N–H and O–H groups in total. The minimum Gasteiger partial charge on any atom is -0.478 e. The Morgan fingerprint density at radius 2 is 1.83 bits per heavy atom. The minimum absolute atomic E-state index is 0.186. The summed E-state index contributed by atoms with van der Waals surface area (Å²) in [5.41, 5.74) is 3.12. The molecule has 2 nitrogen and oxygen atoms in total. The van der Waals surface area contributed by atoms with Gasteiger partial charge in [0.2, 0.25) is 0 Å². The zero-order chi connectivity index (χ0) is 16.4. The molecule has 0 fully saturated rings. The van der Waals surface area contributed by atoms with E-state index in [4.69, 9.17) is 28.3 Å². The fourth-order valence-electron chi connectivity index (χ4n) is 2.39. The zero-order valence-corrected chi connectivity index (χ0v) is 13.4. The molecule has 4 heteroatoms. The summed E-state index contributed by atoms with van der Waals surface area (Å²) in [5, 5.41) is 10.1. The average molecular weight is 342 g/mol. The van der Waals surface area contributed by atoms with Crippen LogP contribution >= 0.6 is 23.2 Å². The molecule has 0 aromatic heterocycles. The molecule has 0 unspecified atom stereocenters. The normalized spacial score (nSPS) is 10.5. The van der Waals surface area contributed by atoms with E-state index in [1.807, 2.05) is 30.3 Å². The van der Waals surface area contributed by atoms with Gasteiger partial charge < -0.3 is 5.11 Å². The maximum absolute atomic E-state index is 11.2. The molecule has 0 saturated carbocycles. The summed E-state index contributed by atoms with van der Waals surface area (Å²) in [6.07, 6.45) is 0. The van der Waals surface area contributed by atoms with Gasteiger partial charge in [0, 0.05) is 16.1 Å². The number of carbonyl (C=O) groups is 1. The number of hydrogen-bond acceptors (Lipinski definition) is 1. The van der Waals surface area contributed by atoms with Gasteiger partial charge in [-0.2, -0.15) is 0 Å². The first kappa shape index (κ1) is 15.6. The largest absolute Gasteiger partial charge is 0.478 e. The van der Waals surface area contributed by atoms with Crippen molar-refractivity contribution < 1.29 is 9.90 Å². The Balaban J connectivity index is 2.20. The van der Waals surface area contributed by atoms with Crippen molar-refractivity contribution in [2.75, 3.05) is 0 Å². The molecule has 23 heavy (non-hydrogen) atoms. The molecular weight excluding hydrogens is 331 g/mol. The third kappa shape index (κ3) is 3.09. The van der Waals surface area contributed by atoms with Crippen molar-refractivity contribution in [1.82, 2.24) is 0 Å². The van der Waals surface area contributed by atoms with Crippen molar-refractivity contribution >= 4 is 29.2 Å². The predicted molar refractivity (Wildman–Crippen MR) is 93.1 cm³/mol. The highest BCUT2D eigenvalue weighted by Crippen LogP contribution is 2.41. The summed E-state index contributed by atoms with van der Waals surface area (Å²) in [6, 6.07) is 20.8. The predicted octanol–water partition coefficient (Wildman–Crippen LogP) is 5.83. The number of rotatable bonds is 3. The van der Waals surface area contributed by atoms with Crippen LogP contribution in [-0.2, 0) is 0 Å². The summed E-state index contributed by atoms with van der Waals surface area (Å²) in [5.74, 6) is -0.994. The number of carboxylic acids is 1. The molecule has 0 aliphatic carbocycles. The molecule has 0 aliphatic heterocycles. The summed E-state index contributed by atoms with van der Waals surface area (Å²) in [4.78, 5) is 11.2. The maximum Gasteiger partial charge on any atom is 0.335 e. The van der Waals surface area contributed by atoms with Gasteiger partial charge in [0.25, 0.3) is 0 Å². The lowest BCUT2D eigenvalue weighted by Gasteiger charge is -2.12. The number of halogens is 2. The SMILES string of the molecule is O=C(O)c1cccc(-c2c(Cl)ccc(-c3[c]cccc3)c2Cl)c1. The molecule has 3 aromatic carbocycles. The molecule has 0 amide bonds. The van der Waals surface area contributed by atoms with Crippen molar-refractivity contribution in [3.63, 3.8) is 0 Å². The lowest BCUT2D eigenvalue weighted by molar-refractivity contribution is 0.0697. The highest BCUT2D eigenvalue weighted by Gasteiger charge is 2.15. The van der Waals surface area contributed by atoms with E-state index in [9.17, 15) is 4.79 Å². The van der Waals surface area contributed by atoms with Crippen molar-refractivity contribution in [2.45, 2.75) is 0 Å². The summed E-state index contributed by atoms with van der Waals surface area (Å²) >= 11 is 12.9. The van der Waals surface area contributed by atoms with E-state index in [1.54, 1.807) is 24.3 Å². The lowest BCUT2D eigenvalue weighted by atomic mass is 9.97. The molecule has 3 rings (SSSR count). The Kier molecular flexibility index (Phi) is 4.37. The minimum atomic E-state index is -0.994. The second-order valence-electron chi connectivity index (χ2n) is 4.95. The Morgan fingerprint density at radius 3 is 2.52 bits per heavy atom. The first-order valence-electron chi connectivity index (χ1n) is 6.87. The van der Waals surface area contributed by atoms with E-state index in [0.717, 1.165) is 11.1 Å². The summed E-state index contributed by atoms with van der Waals surface area (Å²) < 4.78 is 0. The molecule has 0 aliphatic rings. The number of benzene rings is 3. The van der Waals surface area contributed by atoms with Crippen LogP contribution < -0.4 is 0 Å². The number of carboxylic acid groups (broad SMARTS) is 1. The van der Waals surface area contributed by atoms with Gasteiger partial charge in [-0.15, -0.1) is 0 Å². The Hall–Kier alpha value is -2.29. The van der Waals surface area contributed by atoms with Crippen LogP contribution in [0.5, 0.6) is 0 Å². The van der Waals surface area contributed by atoms with Gasteiger partial charge in [0.05, 0.1) is 10.6 Å². The highest BCUT2D eigenvalue weighted by molar-refractivity contribution is 6.41. The maximum atomic E-state index is 11.2. The van der Waals surface area contributed by atoms with Gasteiger partial charge in [0.1, 0.15) is 0 Å². The lowest BCUT2D eigenvalue weighted by Crippen LogP contribution is -1.96. The zero-order valence-electron chi connectivity index (χ0n) is 11.9. The van der Waals surface area contributed by atoms with Crippen LogP contribution in [0.15, 0.2) is 60.7 Å². The van der Waals surface area contributed by atoms with E-state index in [1.165, 1.54) is 6.07 Å². The molecule has 0 spiro atoms. The summed E-state index contributed by atoms with van der Waals surface area (Å²) in [7, 11) is 0. The number of hydrogen-bond donors (Lipinski definition) is 1. The van der Waals surface area contributed by atoms with Gasteiger partial charge in [-0.3, -0.25) is 0 Å². The van der Waals surface area contributed by atoms with E-state index < -0.39 is 5.97 Å². The van der Waals surface area contributed by atoms with Gasteiger partial charge in [-0.25, -0.2) is 4.79 Å². The first-order valence-corrected chi connectivity index (χ1v) is 7.62. The Labute approximate surface area is 143 Å². The van der Waals surface area contributed by atoms with Crippen molar-refractivity contribution in [3.05, 3.63) is 82.3 Å². The van der Waals surface area contributed by atoms with Gasteiger partial charge >= 0.3 is 5.97 Å². The third-order valence-electron chi connectivity index (χ3n) is 3.49. The second-order valence-corrected chi connectivity index (χ2v) is 5.73. The topological polar surface area (TPSA) is 37.3 Å².